The Morgan fingerprint density at radius 1 is 1.05 bits per heavy atom. The van der Waals surface area contributed by atoms with Gasteiger partial charge in [-0.25, -0.2) is 9.59 Å². The van der Waals surface area contributed by atoms with E-state index in [1.165, 1.54) is 4.90 Å². The monoisotopic (exact) mass is 562 g/mol. The summed E-state index contributed by atoms with van der Waals surface area (Å²) >= 11 is 0. The minimum absolute atomic E-state index is 0. The van der Waals surface area contributed by atoms with Crippen molar-refractivity contribution in [2.75, 3.05) is 13.7 Å². The third kappa shape index (κ3) is 10.9. The summed E-state index contributed by atoms with van der Waals surface area (Å²) < 4.78 is 37.5. The number of benzene rings is 2. The van der Waals surface area contributed by atoms with Crippen LogP contribution in [-0.2, 0) is 32.1 Å². The molecule has 1 heterocycles. The fourth-order valence-electron chi connectivity index (χ4n) is 4.40. The summed E-state index contributed by atoms with van der Waals surface area (Å²) in [7, 11) is 1.62. The Morgan fingerprint density at radius 3 is 1.97 bits per heavy atom. The first-order valence-corrected chi connectivity index (χ1v) is 12.1. The number of methoxy groups -OCH3 is 1. The number of halogens is 3. The van der Waals surface area contributed by atoms with Gasteiger partial charge in [-0.2, -0.15) is 13.2 Å². The Kier molecular flexibility index (Phi) is 14.7. The molecule has 0 spiro atoms. The van der Waals surface area contributed by atoms with E-state index in [0.717, 1.165) is 30.5 Å². The molecular formula is C27H34F3N2NaO6. The van der Waals surface area contributed by atoms with Crippen LogP contribution in [0.15, 0.2) is 60.7 Å². The van der Waals surface area contributed by atoms with Gasteiger partial charge >= 0.3 is 47.7 Å². The zero-order valence-corrected chi connectivity index (χ0v) is 24.2. The van der Waals surface area contributed by atoms with Gasteiger partial charge in [0.25, 0.3) is 0 Å². The van der Waals surface area contributed by atoms with Crippen LogP contribution >= 0.6 is 0 Å². The van der Waals surface area contributed by atoms with Gasteiger partial charge in [0.05, 0.1) is 12.0 Å². The molecule has 4 atom stereocenters. The van der Waals surface area contributed by atoms with Crippen molar-refractivity contribution in [3.05, 3.63) is 71.8 Å². The fourth-order valence-corrected chi connectivity index (χ4v) is 4.40. The third-order valence-corrected chi connectivity index (χ3v) is 6.30. The molecule has 12 heteroatoms. The van der Waals surface area contributed by atoms with Gasteiger partial charge in [0, 0.05) is 26.1 Å². The number of nitrogens with one attached hydrogen (secondary N) is 1. The number of carboxylic acids is 2. The molecule has 1 fully saturated rings. The van der Waals surface area contributed by atoms with Gasteiger partial charge in [-0.15, -0.1) is 0 Å². The summed E-state index contributed by atoms with van der Waals surface area (Å²) in [6, 6.07) is 18.1. The van der Waals surface area contributed by atoms with E-state index < -0.39 is 30.1 Å². The van der Waals surface area contributed by atoms with Gasteiger partial charge in [0.2, 0.25) is 5.91 Å². The average molecular weight is 563 g/mol. The number of carbonyl (C=O) groups is 3. The van der Waals surface area contributed by atoms with Crippen molar-refractivity contribution in [2.24, 2.45) is 5.92 Å². The van der Waals surface area contributed by atoms with Crippen molar-refractivity contribution in [3.8, 4) is 0 Å². The van der Waals surface area contributed by atoms with Crippen molar-refractivity contribution in [1.29, 1.82) is 0 Å². The van der Waals surface area contributed by atoms with Gasteiger partial charge < -0.3 is 26.6 Å². The van der Waals surface area contributed by atoms with Gasteiger partial charge in [-0.3, -0.25) is 4.79 Å². The number of nitrogens with zero attached hydrogens (tertiary/aromatic N) is 1. The van der Waals surface area contributed by atoms with Gasteiger partial charge in [-0.1, -0.05) is 67.6 Å². The van der Waals surface area contributed by atoms with Crippen LogP contribution in [0, 0.1) is 5.92 Å². The van der Waals surface area contributed by atoms with E-state index in [-0.39, 0.29) is 62.0 Å². The number of hydrogen-bond acceptors (Lipinski definition) is 5. The first-order chi connectivity index (χ1) is 18.0. The van der Waals surface area contributed by atoms with Crippen LogP contribution in [0.2, 0.25) is 0 Å². The second-order valence-electron chi connectivity index (χ2n) is 8.99. The zero-order chi connectivity index (χ0) is 28.3. The second kappa shape index (κ2) is 16.6. The average Bonchev–Trinajstić information content (AvgIpc) is 3.41. The first kappa shape index (κ1) is 34.6. The maximum Gasteiger partial charge on any atom is 1.00 e. The van der Waals surface area contributed by atoms with E-state index in [2.05, 4.69) is 5.32 Å². The maximum atomic E-state index is 13.7. The molecule has 3 rings (SSSR count). The Morgan fingerprint density at radius 2 is 1.56 bits per heavy atom. The van der Waals surface area contributed by atoms with Crippen molar-refractivity contribution in [2.45, 2.75) is 57.1 Å². The van der Waals surface area contributed by atoms with E-state index in [1.807, 2.05) is 67.6 Å². The molecule has 2 aromatic carbocycles. The van der Waals surface area contributed by atoms with Crippen LogP contribution in [0.4, 0.5) is 13.2 Å². The number of carbonyl (C=O) groups excluding carboxylic acids is 1. The molecule has 8 nitrogen and oxygen atoms in total. The number of aliphatic carboxylic acids is 2. The van der Waals surface area contributed by atoms with Gasteiger partial charge in [0.1, 0.15) is 6.04 Å². The van der Waals surface area contributed by atoms with Crippen LogP contribution < -0.4 is 34.9 Å². The normalized spacial score (nSPS) is 17.0. The molecule has 0 radical (unpaired) electrons. The molecule has 39 heavy (non-hydrogen) atoms. The van der Waals surface area contributed by atoms with Crippen molar-refractivity contribution in [3.63, 3.8) is 0 Å². The Hall–Kier alpha value is -2.44. The molecule has 2 aromatic rings. The molecule has 0 bridgehead atoms. The molecule has 1 amide bonds. The summed E-state index contributed by atoms with van der Waals surface area (Å²) in [4.78, 5) is 36.4. The number of carboxylic acid groups (broad SMARTS) is 2. The van der Waals surface area contributed by atoms with E-state index >= 15 is 0 Å². The van der Waals surface area contributed by atoms with Gasteiger partial charge in [0.15, 0.2) is 0 Å². The van der Waals surface area contributed by atoms with Crippen LogP contribution in [-0.4, -0.2) is 71.0 Å². The predicted octanol–water partition coefficient (Wildman–Crippen LogP) is 0.864. The molecule has 1 aliphatic heterocycles. The van der Waals surface area contributed by atoms with Gasteiger partial charge in [-0.05, 0) is 30.5 Å². The number of ether oxygens (including phenoxy) is 1. The molecule has 0 aromatic heterocycles. The number of alkyl halides is 3. The SMILES string of the molecule is CO[C@@H]([C@@H]1CCCN1)[C@@H](C)C(=O)N(Cc1ccccc1)[C@@H](Cc1ccccc1)C(=O)O.O=C(O)C(F)(F)F.[H-].[Na+]. The Bertz CT molecular complexity index is 1040. The molecule has 1 aliphatic rings. The van der Waals surface area contributed by atoms with E-state index in [1.54, 1.807) is 7.11 Å². The topological polar surface area (TPSA) is 116 Å². The molecule has 0 aliphatic carbocycles. The molecule has 0 unspecified atom stereocenters. The fraction of sp³-hybridized carbons (Fsp3) is 0.444. The van der Waals surface area contributed by atoms with Crippen LogP contribution in [0.5, 0.6) is 0 Å². The van der Waals surface area contributed by atoms with Crippen molar-refractivity contribution < 1.29 is 73.5 Å². The maximum absolute atomic E-state index is 13.7. The third-order valence-electron chi connectivity index (χ3n) is 6.30. The standard InChI is InChI=1S/C25H32N2O4.C2HF3O2.Na.H/c1-18(23(31-2)21-14-9-15-26-21)24(28)27(17-20-12-7-4-8-13-20)22(25(29)30)16-19-10-5-3-6-11-19;3-2(4,5)1(6)7;;/h3-8,10-13,18,21-23,26H,9,14-17H2,1-2H3,(H,29,30);(H,6,7);;/q;;+1;-1/t18-,21+,22+,23-;;;/m1.../s1. The molecule has 210 valence electrons. The predicted molar refractivity (Wildman–Crippen MR) is 134 cm³/mol. The zero-order valence-electron chi connectivity index (χ0n) is 23.2. The summed E-state index contributed by atoms with van der Waals surface area (Å²) in [6.45, 7) is 2.99. The van der Waals surface area contributed by atoms with Crippen LogP contribution in [0.1, 0.15) is 32.3 Å². The Labute approximate surface area is 249 Å². The summed E-state index contributed by atoms with van der Waals surface area (Å²) in [6.07, 6.45) is -3.15. The molecule has 0 saturated carbocycles. The number of amides is 1. The molecular weight excluding hydrogens is 528 g/mol. The van der Waals surface area contributed by atoms with Crippen LogP contribution in [0.3, 0.4) is 0 Å². The number of rotatable bonds is 10. The quantitative estimate of drug-likeness (QED) is 0.368. The summed E-state index contributed by atoms with van der Waals surface area (Å²) in [5, 5.41) is 20.6. The molecule has 1 saturated heterocycles. The molecule has 3 N–H and O–H groups in total. The smallest absolute Gasteiger partial charge is 1.00 e. The second-order valence-corrected chi connectivity index (χ2v) is 8.99. The van der Waals surface area contributed by atoms with Crippen LogP contribution in [0.25, 0.3) is 0 Å². The van der Waals surface area contributed by atoms with E-state index in [0.29, 0.717) is 0 Å². The van der Waals surface area contributed by atoms with E-state index in [4.69, 9.17) is 14.6 Å². The van der Waals surface area contributed by atoms with Crippen molar-refractivity contribution >= 4 is 17.8 Å². The summed E-state index contributed by atoms with van der Waals surface area (Å²) in [5.74, 6) is -4.43. The summed E-state index contributed by atoms with van der Waals surface area (Å²) in [5.41, 5.74) is 1.78. The number of hydrogen-bond donors (Lipinski definition) is 3. The Balaban J connectivity index is 0.00000150. The van der Waals surface area contributed by atoms with Crippen molar-refractivity contribution in [1.82, 2.24) is 10.2 Å². The minimum Gasteiger partial charge on any atom is -1.00 e. The first-order valence-electron chi connectivity index (χ1n) is 12.1. The largest absolute Gasteiger partial charge is 1.00 e. The van der Waals surface area contributed by atoms with E-state index in [9.17, 15) is 27.9 Å². The minimum atomic E-state index is -5.08.